The molecule has 4 fully saturated rings. The standard InChI is InChI=1S/C31H42ClNO3/c1-28-12-9-24(34)19-22(28)5-8-25-26(28)10-13-29(2)27(25)11-14-31(29,36)20-33-17-15-30(35,16-18-33)21-3-6-23(32)7-4-21/h3-8,24,26-27,34-36H,9-20H2,1-2H3/t24-,26-,27-,28-,29-,31+/m0/s1. The van der Waals surface area contributed by atoms with Gasteiger partial charge in [0, 0.05) is 30.1 Å². The normalized spacial score (nSPS) is 42.1. The van der Waals surface area contributed by atoms with Gasteiger partial charge in [-0.15, -0.1) is 0 Å². The second-order valence-electron chi connectivity index (χ2n) is 13.1. The van der Waals surface area contributed by atoms with Crippen molar-refractivity contribution < 1.29 is 15.3 Å². The van der Waals surface area contributed by atoms with E-state index in [0.29, 0.717) is 36.2 Å². The van der Waals surface area contributed by atoms with Crippen LogP contribution in [0.15, 0.2) is 47.6 Å². The molecule has 0 amide bonds. The SMILES string of the molecule is C[C@]12CC[C@H](O)CC1=CC=C1[C@@H]2CC[C@@]2(C)[C@H]1CC[C@@]2(O)CN1CCC(O)(c2ccc(Cl)cc2)CC1. The molecule has 0 bridgehead atoms. The molecular weight excluding hydrogens is 470 g/mol. The van der Waals surface area contributed by atoms with E-state index in [9.17, 15) is 15.3 Å². The van der Waals surface area contributed by atoms with E-state index in [1.807, 2.05) is 24.3 Å². The van der Waals surface area contributed by atoms with E-state index in [1.165, 1.54) is 5.57 Å². The molecule has 0 unspecified atom stereocenters. The van der Waals surface area contributed by atoms with E-state index >= 15 is 0 Å². The van der Waals surface area contributed by atoms with E-state index in [2.05, 4.69) is 30.9 Å². The lowest BCUT2D eigenvalue weighted by atomic mass is 9.50. The number of likely N-dealkylation sites (tertiary alicyclic amines) is 1. The molecule has 0 spiro atoms. The number of nitrogens with zero attached hydrogens (tertiary/aromatic N) is 1. The summed E-state index contributed by atoms with van der Waals surface area (Å²) in [6, 6.07) is 7.59. The van der Waals surface area contributed by atoms with Crippen LogP contribution < -0.4 is 0 Å². The Labute approximate surface area is 221 Å². The van der Waals surface area contributed by atoms with Gasteiger partial charge in [-0.2, -0.15) is 0 Å². The van der Waals surface area contributed by atoms with Gasteiger partial charge in [0.05, 0.1) is 17.3 Å². The van der Waals surface area contributed by atoms with Crippen LogP contribution in [0.4, 0.5) is 0 Å². The van der Waals surface area contributed by atoms with Gasteiger partial charge >= 0.3 is 0 Å². The number of aliphatic hydroxyl groups is 3. The Morgan fingerprint density at radius 2 is 1.58 bits per heavy atom. The second kappa shape index (κ2) is 8.68. The lowest BCUT2D eigenvalue weighted by Gasteiger charge is -2.56. The van der Waals surface area contributed by atoms with Crippen molar-refractivity contribution in [3.8, 4) is 0 Å². The fraction of sp³-hybridized carbons (Fsp3) is 0.677. The summed E-state index contributed by atoms with van der Waals surface area (Å²) in [4.78, 5) is 2.39. The van der Waals surface area contributed by atoms with Gasteiger partial charge in [-0.1, -0.05) is 60.9 Å². The molecule has 6 atom stereocenters. The fourth-order valence-corrected chi connectivity index (χ4v) is 8.98. The van der Waals surface area contributed by atoms with Gasteiger partial charge in [-0.05, 0) is 92.7 Å². The number of β-amino-alcohol motifs (C(OH)–C–C–N with tert-alkyl or cyclic N) is 1. The maximum absolute atomic E-state index is 12.2. The monoisotopic (exact) mass is 511 g/mol. The van der Waals surface area contributed by atoms with E-state index in [-0.39, 0.29) is 16.9 Å². The molecule has 3 saturated carbocycles. The number of halogens is 1. The van der Waals surface area contributed by atoms with Crippen LogP contribution in [0.25, 0.3) is 0 Å². The predicted octanol–water partition coefficient (Wildman–Crippen LogP) is 5.60. The summed E-state index contributed by atoms with van der Waals surface area (Å²) < 4.78 is 0. The number of rotatable bonds is 3. The highest BCUT2D eigenvalue weighted by Gasteiger charge is 2.62. The summed E-state index contributed by atoms with van der Waals surface area (Å²) in [5, 5.41) is 34.5. The zero-order valence-electron chi connectivity index (χ0n) is 21.8. The van der Waals surface area contributed by atoms with E-state index < -0.39 is 11.2 Å². The van der Waals surface area contributed by atoms with Crippen LogP contribution in [0.2, 0.25) is 5.02 Å². The van der Waals surface area contributed by atoms with E-state index in [0.717, 1.165) is 63.6 Å². The fourth-order valence-electron chi connectivity index (χ4n) is 8.85. The predicted molar refractivity (Wildman–Crippen MR) is 144 cm³/mol. The van der Waals surface area contributed by atoms with Crippen molar-refractivity contribution in [2.24, 2.45) is 22.7 Å². The summed E-state index contributed by atoms with van der Waals surface area (Å²) in [7, 11) is 0. The second-order valence-corrected chi connectivity index (χ2v) is 13.6. The molecule has 5 aliphatic rings. The molecule has 0 aromatic heterocycles. The lowest BCUT2D eigenvalue weighted by Crippen LogP contribution is -2.57. The summed E-state index contributed by atoms with van der Waals surface area (Å²) in [5.74, 6) is 0.980. The molecule has 5 heteroatoms. The molecule has 196 valence electrons. The molecule has 1 aromatic carbocycles. The summed E-state index contributed by atoms with van der Waals surface area (Å²) in [5.41, 5.74) is 2.49. The van der Waals surface area contributed by atoms with Gasteiger partial charge in [0.2, 0.25) is 0 Å². The third-order valence-electron chi connectivity index (χ3n) is 11.4. The van der Waals surface area contributed by atoms with Crippen molar-refractivity contribution in [2.45, 2.75) is 88.9 Å². The number of hydrogen-bond donors (Lipinski definition) is 3. The zero-order chi connectivity index (χ0) is 25.3. The van der Waals surface area contributed by atoms with Crippen LogP contribution in [-0.4, -0.2) is 51.6 Å². The topological polar surface area (TPSA) is 63.9 Å². The Morgan fingerprint density at radius 1 is 0.889 bits per heavy atom. The number of allylic oxidation sites excluding steroid dienone is 3. The third-order valence-corrected chi connectivity index (χ3v) is 11.7. The van der Waals surface area contributed by atoms with Crippen molar-refractivity contribution in [3.63, 3.8) is 0 Å². The van der Waals surface area contributed by atoms with Gasteiger partial charge in [-0.3, -0.25) is 0 Å². The van der Waals surface area contributed by atoms with Gasteiger partial charge in [0.1, 0.15) is 0 Å². The van der Waals surface area contributed by atoms with Gasteiger partial charge in [-0.25, -0.2) is 0 Å². The quantitative estimate of drug-likeness (QED) is 0.494. The van der Waals surface area contributed by atoms with Crippen LogP contribution >= 0.6 is 11.6 Å². The maximum atomic E-state index is 12.2. The maximum Gasteiger partial charge on any atom is 0.0920 e. The minimum absolute atomic E-state index is 0.116. The smallest absolute Gasteiger partial charge is 0.0920 e. The molecular formula is C31H42ClNO3. The van der Waals surface area contributed by atoms with Crippen LogP contribution in [0.3, 0.4) is 0 Å². The van der Waals surface area contributed by atoms with Gasteiger partial charge in [0.25, 0.3) is 0 Å². The number of hydrogen-bond acceptors (Lipinski definition) is 4. The first-order valence-electron chi connectivity index (χ1n) is 14.1. The molecule has 1 saturated heterocycles. The minimum Gasteiger partial charge on any atom is -0.393 e. The molecule has 1 aliphatic heterocycles. The molecule has 36 heavy (non-hydrogen) atoms. The Balaban J connectivity index is 1.18. The number of piperidine rings is 1. The number of aliphatic hydroxyl groups excluding tert-OH is 1. The average molecular weight is 512 g/mol. The minimum atomic E-state index is -0.816. The Morgan fingerprint density at radius 3 is 2.31 bits per heavy atom. The largest absolute Gasteiger partial charge is 0.393 e. The summed E-state index contributed by atoms with van der Waals surface area (Å²) >= 11 is 6.05. The molecule has 6 rings (SSSR count). The Kier molecular flexibility index (Phi) is 6.06. The highest BCUT2D eigenvalue weighted by Crippen LogP contribution is 2.66. The molecule has 4 nitrogen and oxygen atoms in total. The molecule has 1 heterocycles. The van der Waals surface area contributed by atoms with Crippen molar-refractivity contribution >= 4 is 11.6 Å². The molecule has 3 N–H and O–H groups in total. The highest BCUT2D eigenvalue weighted by molar-refractivity contribution is 6.30. The van der Waals surface area contributed by atoms with E-state index in [4.69, 9.17) is 11.6 Å². The van der Waals surface area contributed by atoms with Crippen LogP contribution in [0.1, 0.15) is 77.2 Å². The zero-order valence-corrected chi connectivity index (χ0v) is 22.6. The van der Waals surface area contributed by atoms with Gasteiger partial charge < -0.3 is 20.2 Å². The molecule has 0 radical (unpaired) electrons. The first-order valence-corrected chi connectivity index (χ1v) is 14.5. The van der Waals surface area contributed by atoms with Gasteiger partial charge in [0.15, 0.2) is 0 Å². The van der Waals surface area contributed by atoms with Crippen molar-refractivity contribution in [1.29, 1.82) is 0 Å². The average Bonchev–Trinajstić information content (AvgIpc) is 3.12. The summed E-state index contributed by atoms with van der Waals surface area (Å²) in [6.07, 6.45) is 12.7. The number of benzene rings is 1. The van der Waals surface area contributed by atoms with E-state index in [1.54, 1.807) is 5.57 Å². The van der Waals surface area contributed by atoms with Crippen LogP contribution in [0.5, 0.6) is 0 Å². The van der Waals surface area contributed by atoms with Crippen molar-refractivity contribution in [1.82, 2.24) is 4.90 Å². The third kappa shape index (κ3) is 3.78. The first-order chi connectivity index (χ1) is 17.1. The number of fused-ring (bicyclic) bond motifs is 5. The highest BCUT2D eigenvalue weighted by atomic mass is 35.5. The first kappa shape index (κ1) is 25.1. The molecule has 1 aromatic rings. The van der Waals surface area contributed by atoms with Crippen molar-refractivity contribution in [2.75, 3.05) is 19.6 Å². The Bertz CT molecular complexity index is 1070. The van der Waals surface area contributed by atoms with Crippen LogP contribution in [0, 0.1) is 22.7 Å². The lowest BCUT2D eigenvalue weighted by molar-refractivity contribution is -0.114. The Hall–Kier alpha value is -1.17. The molecule has 4 aliphatic carbocycles. The van der Waals surface area contributed by atoms with Crippen LogP contribution in [-0.2, 0) is 5.60 Å². The summed E-state index contributed by atoms with van der Waals surface area (Å²) in [6.45, 7) is 7.06. The van der Waals surface area contributed by atoms with Crippen molar-refractivity contribution in [3.05, 3.63) is 58.1 Å².